The molecule has 0 aromatic heterocycles. The maximum absolute atomic E-state index is 13.8. The third kappa shape index (κ3) is 4.31. The standard InChI is InChI=1S/C23H24BrNO6S/c1-4-30-21(26)14-19-15-23(22(27)31-5-2,17-8-10-18(24)11-9-17)25(19)32(28,29)20-12-6-16(3)7-13-20/h6-14H,4-5,15H2,1-3H3/b19-14+/t23-/m1/s1. The van der Waals surface area contributed by atoms with E-state index in [1.165, 1.54) is 12.1 Å². The first-order chi connectivity index (χ1) is 15.2. The van der Waals surface area contributed by atoms with Crippen molar-refractivity contribution in [2.24, 2.45) is 0 Å². The minimum atomic E-state index is -4.21. The Morgan fingerprint density at radius 1 is 1.03 bits per heavy atom. The van der Waals surface area contributed by atoms with Crippen LogP contribution >= 0.6 is 15.9 Å². The van der Waals surface area contributed by atoms with Gasteiger partial charge in [0.15, 0.2) is 5.54 Å². The molecule has 32 heavy (non-hydrogen) atoms. The molecule has 1 fully saturated rings. The number of aryl methyl sites for hydroxylation is 1. The summed E-state index contributed by atoms with van der Waals surface area (Å²) in [5.41, 5.74) is -0.158. The average Bonchev–Trinajstić information content (AvgIpc) is 2.72. The van der Waals surface area contributed by atoms with Crippen molar-refractivity contribution < 1.29 is 27.5 Å². The van der Waals surface area contributed by atoms with Crippen LogP contribution in [0.3, 0.4) is 0 Å². The number of hydrogen-bond donors (Lipinski definition) is 0. The fourth-order valence-electron chi connectivity index (χ4n) is 3.63. The Labute approximate surface area is 196 Å². The first-order valence-electron chi connectivity index (χ1n) is 10.1. The number of rotatable bonds is 7. The number of nitrogens with zero attached hydrogens (tertiary/aromatic N) is 1. The van der Waals surface area contributed by atoms with Crippen LogP contribution in [0.2, 0.25) is 0 Å². The van der Waals surface area contributed by atoms with E-state index in [9.17, 15) is 18.0 Å². The molecular formula is C23H24BrNO6S. The number of sulfonamides is 1. The van der Waals surface area contributed by atoms with E-state index < -0.39 is 27.5 Å². The molecule has 2 aromatic carbocycles. The van der Waals surface area contributed by atoms with Crippen molar-refractivity contribution in [3.8, 4) is 0 Å². The Morgan fingerprint density at radius 3 is 2.19 bits per heavy atom. The Morgan fingerprint density at radius 2 is 1.62 bits per heavy atom. The molecule has 1 aliphatic rings. The Kier molecular flexibility index (Phi) is 7.09. The zero-order chi connectivity index (χ0) is 23.5. The molecule has 1 saturated heterocycles. The largest absolute Gasteiger partial charge is 0.464 e. The van der Waals surface area contributed by atoms with Crippen molar-refractivity contribution in [3.05, 3.63) is 75.9 Å². The van der Waals surface area contributed by atoms with Gasteiger partial charge in [-0.05, 0) is 50.6 Å². The van der Waals surface area contributed by atoms with Crippen molar-refractivity contribution in [1.82, 2.24) is 4.31 Å². The summed E-state index contributed by atoms with van der Waals surface area (Å²) >= 11 is 3.36. The van der Waals surface area contributed by atoms with Crippen molar-refractivity contribution >= 4 is 37.9 Å². The lowest BCUT2D eigenvalue weighted by molar-refractivity contribution is -0.159. The summed E-state index contributed by atoms with van der Waals surface area (Å²) in [6.07, 6.45) is 1.09. The summed E-state index contributed by atoms with van der Waals surface area (Å²) in [6.45, 7) is 5.37. The van der Waals surface area contributed by atoms with Gasteiger partial charge in [0.2, 0.25) is 0 Å². The lowest BCUT2D eigenvalue weighted by Crippen LogP contribution is -2.63. The van der Waals surface area contributed by atoms with Gasteiger partial charge in [-0.2, -0.15) is 0 Å². The van der Waals surface area contributed by atoms with Gasteiger partial charge < -0.3 is 9.47 Å². The van der Waals surface area contributed by atoms with E-state index in [1.807, 2.05) is 6.92 Å². The molecular weight excluding hydrogens is 498 g/mol. The summed E-state index contributed by atoms with van der Waals surface area (Å²) in [6, 6.07) is 13.1. The quantitative estimate of drug-likeness (QED) is 0.403. The summed E-state index contributed by atoms with van der Waals surface area (Å²) in [4.78, 5) is 25.4. The summed E-state index contributed by atoms with van der Waals surface area (Å²) in [5.74, 6) is -1.39. The lowest BCUT2D eigenvalue weighted by atomic mass is 9.78. The smallest absolute Gasteiger partial charge is 0.338 e. The third-order valence-corrected chi connectivity index (χ3v) is 7.53. The molecule has 0 aliphatic carbocycles. The van der Waals surface area contributed by atoms with Crippen molar-refractivity contribution in [2.45, 2.75) is 37.6 Å². The molecule has 0 saturated carbocycles. The predicted molar refractivity (Wildman–Crippen MR) is 122 cm³/mol. The first-order valence-corrected chi connectivity index (χ1v) is 12.3. The number of halogens is 1. The Bertz CT molecular complexity index is 1140. The van der Waals surface area contributed by atoms with Crippen molar-refractivity contribution in [1.29, 1.82) is 0 Å². The summed E-state index contributed by atoms with van der Waals surface area (Å²) < 4.78 is 39.6. The molecule has 7 nitrogen and oxygen atoms in total. The predicted octanol–water partition coefficient (Wildman–Crippen LogP) is 4.06. The lowest BCUT2D eigenvalue weighted by Gasteiger charge is -2.52. The number of esters is 2. The number of ether oxygens (including phenoxy) is 2. The molecule has 1 atom stereocenters. The Balaban J connectivity index is 2.23. The van der Waals surface area contributed by atoms with E-state index in [4.69, 9.17) is 9.47 Å². The topological polar surface area (TPSA) is 90.0 Å². The van der Waals surface area contributed by atoms with Crippen LogP contribution in [-0.4, -0.2) is 37.9 Å². The normalized spacial score (nSPS) is 19.4. The summed E-state index contributed by atoms with van der Waals surface area (Å²) in [7, 11) is -4.21. The molecule has 0 amide bonds. The molecule has 0 N–H and O–H groups in total. The highest BCUT2D eigenvalue weighted by Crippen LogP contribution is 2.52. The van der Waals surface area contributed by atoms with Crippen LogP contribution in [-0.2, 0) is 34.6 Å². The van der Waals surface area contributed by atoms with Crippen LogP contribution in [0, 0.1) is 6.92 Å². The highest BCUT2D eigenvalue weighted by Gasteiger charge is 2.61. The average molecular weight is 522 g/mol. The fraction of sp³-hybridized carbons (Fsp3) is 0.304. The van der Waals surface area contributed by atoms with Crippen LogP contribution in [0.1, 0.15) is 31.4 Å². The molecule has 0 unspecified atom stereocenters. The second-order valence-corrected chi connectivity index (χ2v) is 9.94. The maximum atomic E-state index is 13.8. The molecule has 170 valence electrons. The van der Waals surface area contributed by atoms with Crippen LogP contribution < -0.4 is 0 Å². The highest BCUT2D eigenvalue weighted by molar-refractivity contribution is 9.10. The van der Waals surface area contributed by atoms with E-state index in [1.54, 1.807) is 50.2 Å². The van der Waals surface area contributed by atoms with E-state index >= 15 is 0 Å². The van der Waals surface area contributed by atoms with Gasteiger partial charge in [-0.25, -0.2) is 22.3 Å². The number of hydrogen-bond acceptors (Lipinski definition) is 6. The van der Waals surface area contributed by atoms with Gasteiger partial charge >= 0.3 is 11.9 Å². The van der Waals surface area contributed by atoms with E-state index in [0.29, 0.717) is 5.56 Å². The monoisotopic (exact) mass is 521 g/mol. The minimum absolute atomic E-state index is 0.00310. The van der Waals surface area contributed by atoms with Crippen LogP contribution in [0.15, 0.2) is 69.7 Å². The SMILES string of the molecule is CCOC(=O)/C=C1\C[C@](C(=O)OCC)(c2ccc(Br)cc2)N1S(=O)(=O)c1ccc(C)cc1. The molecule has 0 radical (unpaired) electrons. The van der Waals surface area contributed by atoms with Gasteiger partial charge in [0.1, 0.15) is 0 Å². The second kappa shape index (κ2) is 9.46. The van der Waals surface area contributed by atoms with Crippen molar-refractivity contribution in [2.75, 3.05) is 13.2 Å². The summed E-state index contributed by atoms with van der Waals surface area (Å²) in [5, 5.41) is 0. The molecule has 1 aliphatic heterocycles. The third-order valence-electron chi connectivity index (χ3n) is 5.11. The van der Waals surface area contributed by atoms with E-state index in [2.05, 4.69) is 15.9 Å². The first kappa shape index (κ1) is 24.0. The van der Waals surface area contributed by atoms with Crippen LogP contribution in [0.25, 0.3) is 0 Å². The zero-order valence-electron chi connectivity index (χ0n) is 18.0. The highest BCUT2D eigenvalue weighted by atomic mass is 79.9. The van der Waals surface area contributed by atoms with Gasteiger partial charge in [0.05, 0.1) is 18.1 Å². The zero-order valence-corrected chi connectivity index (χ0v) is 20.4. The van der Waals surface area contributed by atoms with Gasteiger partial charge in [0, 0.05) is 22.7 Å². The molecule has 9 heteroatoms. The van der Waals surface area contributed by atoms with Gasteiger partial charge in [0.25, 0.3) is 10.0 Å². The molecule has 3 rings (SSSR count). The van der Waals surface area contributed by atoms with E-state index in [0.717, 1.165) is 20.4 Å². The minimum Gasteiger partial charge on any atom is -0.464 e. The van der Waals surface area contributed by atoms with E-state index in [-0.39, 0.29) is 30.2 Å². The fourth-order valence-corrected chi connectivity index (χ4v) is 5.67. The maximum Gasteiger partial charge on any atom is 0.338 e. The number of carbonyl (C=O) groups excluding carboxylic acids is 2. The molecule has 2 aromatic rings. The van der Waals surface area contributed by atoms with Crippen LogP contribution in [0.5, 0.6) is 0 Å². The van der Waals surface area contributed by atoms with Gasteiger partial charge in [-0.1, -0.05) is 45.8 Å². The second-order valence-electron chi connectivity index (χ2n) is 7.23. The number of carbonyl (C=O) groups is 2. The molecule has 1 heterocycles. The van der Waals surface area contributed by atoms with Crippen LogP contribution in [0.4, 0.5) is 0 Å². The molecule has 0 spiro atoms. The Hall–Kier alpha value is -2.65. The number of benzene rings is 2. The molecule has 0 bridgehead atoms. The van der Waals surface area contributed by atoms with Crippen molar-refractivity contribution in [3.63, 3.8) is 0 Å². The van der Waals surface area contributed by atoms with Gasteiger partial charge in [-0.3, -0.25) is 0 Å². The van der Waals surface area contributed by atoms with Gasteiger partial charge in [-0.15, -0.1) is 0 Å².